The highest BCUT2D eigenvalue weighted by Crippen LogP contribution is 2.56. The molecular weight excluding hydrogens is 730 g/mol. The Kier molecular flexibility index (Phi) is 7.30. The molecule has 0 saturated heterocycles. The fourth-order valence-electron chi connectivity index (χ4n) is 9.43. The van der Waals surface area contributed by atoms with Gasteiger partial charge >= 0.3 is 0 Å². The van der Waals surface area contributed by atoms with E-state index in [-0.39, 0.29) is 0 Å². The van der Waals surface area contributed by atoms with Crippen molar-refractivity contribution in [2.75, 3.05) is 0 Å². The van der Waals surface area contributed by atoms with Crippen molar-refractivity contribution in [3.8, 4) is 39.1 Å². The number of halogens is 1. The molecule has 55 heavy (non-hydrogen) atoms. The first-order valence-electron chi connectivity index (χ1n) is 18.9. The molecule has 0 radical (unpaired) electrons. The third kappa shape index (κ3) is 4.78. The first kappa shape index (κ1) is 32.0. The van der Waals surface area contributed by atoms with Crippen LogP contribution in [0.25, 0.3) is 71.6 Å². The molecule has 0 bridgehead atoms. The summed E-state index contributed by atoms with van der Waals surface area (Å²) in [5.74, 6) is 0. The molecule has 0 N–H and O–H groups in total. The van der Waals surface area contributed by atoms with E-state index in [0.717, 1.165) is 10.2 Å². The number of fused-ring (bicyclic) bond motifs is 8. The zero-order valence-corrected chi connectivity index (χ0v) is 31.5. The molecule has 1 nitrogen and oxygen atoms in total. The molecule has 1 heterocycles. The molecule has 0 atom stereocenters. The van der Waals surface area contributed by atoms with Gasteiger partial charge in [-0.1, -0.05) is 186 Å². The van der Waals surface area contributed by atoms with Gasteiger partial charge in [-0.3, -0.25) is 0 Å². The SMILES string of the molecule is Brc1cccc(-c2ccc(-c3cc4c(c5ccccc35)c3ccccc3n4-c3ccc4c(c3)C(c3ccccc3)(c3ccccc3)c3ccccc3-4)cc2)c1. The first-order valence-corrected chi connectivity index (χ1v) is 19.7. The first-order chi connectivity index (χ1) is 27.2. The zero-order chi connectivity index (χ0) is 36.5. The van der Waals surface area contributed by atoms with Gasteiger partial charge in [0.15, 0.2) is 0 Å². The second-order valence-electron chi connectivity index (χ2n) is 14.6. The van der Waals surface area contributed by atoms with Gasteiger partial charge in [0, 0.05) is 20.9 Å². The van der Waals surface area contributed by atoms with Crippen molar-refractivity contribution in [3.63, 3.8) is 0 Å². The molecule has 0 unspecified atom stereocenters. The van der Waals surface area contributed by atoms with Crippen LogP contribution in [0, 0.1) is 0 Å². The predicted molar refractivity (Wildman–Crippen MR) is 234 cm³/mol. The van der Waals surface area contributed by atoms with Crippen LogP contribution < -0.4 is 0 Å². The molecule has 0 saturated carbocycles. The van der Waals surface area contributed by atoms with E-state index in [2.05, 4.69) is 227 Å². The van der Waals surface area contributed by atoms with Crippen molar-refractivity contribution in [1.29, 1.82) is 0 Å². The maximum absolute atomic E-state index is 3.65. The van der Waals surface area contributed by atoms with Crippen LogP contribution in [0.3, 0.4) is 0 Å². The third-order valence-corrected chi connectivity index (χ3v) is 12.2. The molecule has 9 aromatic carbocycles. The number of hydrogen-bond acceptors (Lipinski definition) is 0. The lowest BCUT2D eigenvalue weighted by molar-refractivity contribution is 0.767. The van der Waals surface area contributed by atoms with Crippen LogP contribution in [0.4, 0.5) is 0 Å². The standard InChI is InChI=1S/C53H34BrN/c54-40-19-13-14-37(32-40)35-26-28-36(29-27-35)47-34-51-52(45-22-8-7-20-42(45)47)46-23-10-12-25-50(46)55(51)41-30-31-44-43-21-9-11-24-48(43)53(49(44)33-41,38-15-3-1-4-16-38)39-17-5-2-6-18-39/h1-34H. The third-order valence-electron chi connectivity index (χ3n) is 11.7. The Bertz CT molecular complexity index is 3040. The highest BCUT2D eigenvalue weighted by atomic mass is 79.9. The Morgan fingerprint density at radius 3 is 1.73 bits per heavy atom. The van der Waals surface area contributed by atoms with Crippen molar-refractivity contribution >= 4 is 48.5 Å². The van der Waals surface area contributed by atoms with E-state index in [1.54, 1.807) is 0 Å². The van der Waals surface area contributed by atoms with Gasteiger partial charge < -0.3 is 4.57 Å². The normalized spacial score (nSPS) is 13.0. The number of para-hydroxylation sites is 1. The summed E-state index contributed by atoms with van der Waals surface area (Å²) in [7, 11) is 0. The van der Waals surface area contributed by atoms with Gasteiger partial charge in [0.2, 0.25) is 0 Å². The Hall–Kier alpha value is -6.48. The van der Waals surface area contributed by atoms with Gasteiger partial charge in [-0.2, -0.15) is 0 Å². The summed E-state index contributed by atoms with van der Waals surface area (Å²) in [5.41, 5.74) is 15.6. The Labute approximate surface area is 328 Å². The van der Waals surface area contributed by atoms with Crippen LogP contribution in [0.2, 0.25) is 0 Å². The molecule has 1 aromatic heterocycles. The van der Waals surface area contributed by atoms with Gasteiger partial charge in [-0.05, 0) is 103 Å². The topological polar surface area (TPSA) is 4.93 Å². The minimum Gasteiger partial charge on any atom is -0.309 e. The minimum atomic E-state index is -0.475. The number of rotatable bonds is 5. The van der Waals surface area contributed by atoms with Crippen molar-refractivity contribution in [1.82, 2.24) is 4.57 Å². The van der Waals surface area contributed by atoms with Crippen LogP contribution >= 0.6 is 15.9 Å². The molecule has 11 rings (SSSR count). The average Bonchev–Trinajstić information content (AvgIpc) is 3.74. The lowest BCUT2D eigenvalue weighted by Gasteiger charge is -2.34. The highest BCUT2D eigenvalue weighted by molar-refractivity contribution is 9.10. The number of aromatic nitrogens is 1. The van der Waals surface area contributed by atoms with E-state index in [9.17, 15) is 0 Å². The van der Waals surface area contributed by atoms with Gasteiger partial charge in [-0.25, -0.2) is 0 Å². The Morgan fingerprint density at radius 1 is 0.364 bits per heavy atom. The molecule has 0 aliphatic heterocycles. The summed E-state index contributed by atoms with van der Waals surface area (Å²) in [6.45, 7) is 0. The van der Waals surface area contributed by atoms with Crippen LogP contribution in [0.1, 0.15) is 22.3 Å². The van der Waals surface area contributed by atoms with Gasteiger partial charge in [0.1, 0.15) is 0 Å². The van der Waals surface area contributed by atoms with Crippen LogP contribution in [-0.4, -0.2) is 4.57 Å². The summed E-state index contributed by atoms with van der Waals surface area (Å²) in [6, 6.07) is 76.1. The molecule has 0 spiro atoms. The van der Waals surface area contributed by atoms with E-state index in [0.29, 0.717) is 0 Å². The summed E-state index contributed by atoms with van der Waals surface area (Å²) in [4.78, 5) is 0. The smallest absolute Gasteiger partial charge is 0.0714 e. The Balaban J connectivity index is 1.19. The van der Waals surface area contributed by atoms with Crippen LogP contribution in [0.15, 0.2) is 211 Å². The van der Waals surface area contributed by atoms with E-state index in [1.165, 1.54) is 88.2 Å². The summed E-state index contributed by atoms with van der Waals surface area (Å²) in [6.07, 6.45) is 0. The quantitative estimate of drug-likeness (QED) is 0.164. The predicted octanol–water partition coefficient (Wildman–Crippen LogP) is 14.4. The van der Waals surface area contributed by atoms with Crippen molar-refractivity contribution in [2.45, 2.75) is 5.41 Å². The lowest BCUT2D eigenvalue weighted by atomic mass is 9.67. The molecule has 1 aliphatic carbocycles. The fourth-order valence-corrected chi connectivity index (χ4v) is 9.83. The zero-order valence-electron chi connectivity index (χ0n) is 30.0. The van der Waals surface area contributed by atoms with Crippen molar-refractivity contribution < 1.29 is 0 Å². The van der Waals surface area contributed by atoms with Gasteiger partial charge in [-0.15, -0.1) is 0 Å². The number of nitrogens with zero attached hydrogens (tertiary/aromatic N) is 1. The average molecular weight is 765 g/mol. The van der Waals surface area contributed by atoms with Crippen LogP contribution in [-0.2, 0) is 5.41 Å². The van der Waals surface area contributed by atoms with E-state index >= 15 is 0 Å². The Morgan fingerprint density at radius 2 is 0.982 bits per heavy atom. The molecule has 10 aromatic rings. The second kappa shape index (κ2) is 12.6. The molecule has 0 amide bonds. The van der Waals surface area contributed by atoms with Gasteiger partial charge in [0.05, 0.1) is 16.4 Å². The molecule has 2 heteroatoms. The van der Waals surface area contributed by atoms with Crippen LogP contribution in [0.5, 0.6) is 0 Å². The number of hydrogen-bond donors (Lipinski definition) is 0. The monoisotopic (exact) mass is 763 g/mol. The lowest BCUT2D eigenvalue weighted by Crippen LogP contribution is -2.28. The van der Waals surface area contributed by atoms with E-state index in [1.807, 2.05) is 0 Å². The summed E-state index contributed by atoms with van der Waals surface area (Å²) in [5, 5.41) is 5.05. The molecule has 258 valence electrons. The van der Waals surface area contributed by atoms with E-state index in [4.69, 9.17) is 0 Å². The largest absolute Gasteiger partial charge is 0.309 e. The van der Waals surface area contributed by atoms with Crippen molar-refractivity contribution in [3.05, 3.63) is 233 Å². The number of benzene rings is 9. The van der Waals surface area contributed by atoms with Crippen molar-refractivity contribution in [2.24, 2.45) is 0 Å². The summed E-state index contributed by atoms with van der Waals surface area (Å²) < 4.78 is 3.58. The maximum Gasteiger partial charge on any atom is 0.0714 e. The van der Waals surface area contributed by atoms with E-state index < -0.39 is 5.41 Å². The molecule has 0 fully saturated rings. The molecular formula is C53H34BrN. The molecule has 1 aliphatic rings. The minimum absolute atomic E-state index is 0.475. The fraction of sp³-hybridized carbons (Fsp3) is 0.0189. The van der Waals surface area contributed by atoms with Gasteiger partial charge in [0.25, 0.3) is 0 Å². The summed E-state index contributed by atoms with van der Waals surface area (Å²) >= 11 is 3.65. The second-order valence-corrected chi connectivity index (χ2v) is 15.5. The highest BCUT2D eigenvalue weighted by Gasteiger charge is 2.46. The maximum atomic E-state index is 3.65.